The number of piperazine rings is 1. The highest BCUT2D eigenvalue weighted by Crippen LogP contribution is 2.30. The van der Waals surface area contributed by atoms with Gasteiger partial charge in [0.1, 0.15) is 17.4 Å². The highest BCUT2D eigenvalue weighted by molar-refractivity contribution is 5.93. The molecular formula is C31H28F4N6O3. The van der Waals surface area contributed by atoms with Crippen LogP contribution in [0.3, 0.4) is 0 Å². The topological polar surface area (TPSA) is 99.7 Å². The average Bonchev–Trinajstić information content (AvgIpc) is 3.45. The van der Waals surface area contributed by atoms with Gasteiger partial charge in [-0.3, -0.25) is 9.59 Å². The molecule has 6 rings (SSSR count). The number of nitrogens with zero attached hydrogens (tertiary/aromatic N) is 4. The van der Waals surface area contributed by atoms with Crippen molar-refractivity contribution in [1.29, 1.82) is 0 Å². The molecule has 0 bridgehead atoms. The molecule has 2 aliphatic heterocycles. The first-order valence-electron chi connectivity index (χ1n) is 14.1. The van der Waals surface area contributed by atoms with E-state index in [2.05, 4.69) is 25.3 Å². The van der Waals surface area contributed by atoms with Crippen LogP contribution in [0.1, 0.15) is 12.0 Å². The first-order valence-corrected chi connectivity index (χ1v) is 14.1. The number of amides is 2. The zero-order chi connectivity index (χ0) is 30.8. The van der Waals surface area contributed by atoms with Crippen LogP contribution < -0.4 is 20.3 Å². The third-order valence-corrected chi connectivity index (χ3v) is 7.61. The van der Waals surface area contributed by atoms with E-state index in [1.54, 1.807) is 17.0 Å². The summed E-state index contributed by atoms with van der Waals surface area (Å²) in [7, 11) is 0. The summed E-state index contributed by atoms with van der Waals surface area (Å²) in [6, 6.07) is 16.9. The van der Waals surface area contributed by atoms with Gasteiger partial charge >= 0.3 is 6.36 Å². The number of carbonyl (C=O) groups is 2. The van der Waals surface area contributed by atoms with E-state index in [1.807, 2.05) is 23.1 Å². The van der Waals surface area contributed by atoms with Crippen LogP contribution in [0.4, 0.5) is 29.3 Å². The highest BCUT2D eigenvalue weighted by atomic mass is 19.4. The number of ether oxygens (including phenoxy) is 1. The van der Waals surface area contributed by atoms with Crippen molar-refractivity contribution < 1.29 is 31.9 Å². The Labute approximate surface area is 249 Å². The molecule has 2 saturated heterocycles. The van der Waals surface area contributed by atoms with Crippen molar-refractivity contribution in [3.05, 3.63) is 78.1 Å². The number of halogens is 4. The van der Waals surface area contributed by atoms with E-state index in [0.29, 0.717) is 54.9 Å². The van der Waals surface area contributed by atoms with E-state index in [4.69, 9.17) is 0 Å². The lowest BCUT2D eigenvalue weighted by atomic mass is 9.97. The van der Waals surface area contributed by atoms with Gasteiger partial charge in [-0.25, -0.2) is 9.37 Å². The summed E-state index contributed by atoms with van der Waals surface area (Å²) in [5.74, 6) is -0.161. The Balaban J connectivity index is 1.14. The number of likely N-dealkylation sites (tertiary alicyclic amines) is 1. The van der Waals surface area contributed by atoms with E-state index >= 15 is 0 Å². The molecule has 4 aromatic rings. The second kappa shape index (κ2) is 12.0. The number of alkyl halides is 3. The van der Waals surface area contributed by atoms with Gasteiger partial charge in [-0.05, 0) is 47.4 Å². The van der Waals surface area contributed by atoms with Gasteiger partial charge in [0.2, 0.25) is 17.8 Å². The molecule has 228 valence electrons. The second-order valence-corrected chi connectivity index (χ2v) is 10.7. The van der Waals surface area contributed by atoms with Gasteiger partial charge in [0, 0.05) is 43.7 Å². The normalized spacial score (nSPS) is 17.1. The molecule has 2 aliphatic rings. The number of aromatic nitrogens is 2. The van der Waals surface area contributed by atoms with Crippen LogP contribution in [0.2, 0.25) is 0 Å². The number of hydrogen-bond acceptors (Lipinski definition) is 7. The molecule has 0 radical (unpaired) electrons. The first kappa shape index (κ1) is 29.1. The molecule has 13 heteroatoms. The van der Waals surface area contributed by atoms with Crippen LogP contribution in [0, 0.1) is 5.82 Å². The summed E-state index contributed by atoms with van der Waals surface area (Å²) in [5.41, 5.74) is 2.55. The van der Waals surface area contributed by atoms with Crippen LogP contribution in [0.15, 0.2) is 66.7 Å². The Morgan fingerprint density at radius 3 is 2.61 bits per heavy atom. The standard InChI is InChI=1S/C31H28F4N6O3/c32-21-7-10-25-26(16-21)38-30(39-29(25)41-14-12-36-27(42)18-41)37-22-11-13-40(17-22)28(43)15-20-3-1-2-4-24(20)19-5-8-23(9-6-19)44-31(33,34)35/h1-10,16,22H,11-15,17-18H2,(H,36,42)(H,37,38,39)/t22-/m0/s1. The second-order valence-electron chi connectivity index (χ2n) is 10.7. The molecular weight excluding hydrogens is 580 g/mol. The zero-order valence-corrected chi connectivity index (χ0v) is 23.4. The van der Waals surface area contributed by atoms with Crippen molar-refractivity contribution in [3.8, 4) is 16.9 Å². The maximum atomic E-state index is 14.1. The van der Waals surface area contributed by atoms with E-state index < -0.39 is 12.2 Å². The highest BCUT2D eigenvalue weighted by Gasteiger charge is 2.31. The van der Waals surface area contributed by atoms with Crippen LogP contribution in [-0.4, -0.2) is 71.8 Å². The predicted molar refractivity (Wildman–Crippen MR) is 156 cm³/mol. The number of nitrogens with one attached hydrogen (secondary N) is 2. The van der Waals surface area contributed by atoms with Crippen molar-refractivity contribution in [2.75, 3.05) is 42.9 Å². The number of fused-ring (bicyclic) bond motifs is 1. The van der Waals surface area contributed by atoms with Gasteiger partial charge in [0.05, 0.1) is 18.5 Å². The summed E-state index contributed by atoms with van der Waals surface area (Å²) < 4.78 is 55.7. The lowest BCUT2D eigenvalue weighted by molar-refractivity contribution is -0.274. The fraction of sp³-hybridized carbons (Fsp3) is 0.290. The number of benzene rings is 3. The predicted octanol–water partition coefficient (Wildman–Crippen LogP) is 4.53. The van der Waals surface area contributed by atoms with Gasteiger partial charge in [0.15, 0.2) is 0 Å². The number of anilines is 2. The summed E-state index contributed by atoms with van der Waals surface area (Å²) in [4.78, 5) is 38.2. The number of hydrogen-bond donors (Lipinski definition) is 2. The summed E-state index contributed by atoms with van der Waals surface area (Å²) in [6.45, 7) is 2.05. The third-order valence-electron chi connectivity index (χ3n) is 7.61. The molecule has 44 heavy (non-hydrogen) atoms. The molecule has 1 aromatic heterocycles. The van der Waals surface area contributed by atoms with Crippen molar-refractivity contribution in [1.82, 2.24) is 20.2 Å². The number of carbonyl (C=O) groups excluding carboxylic acids is 2. The average molecular weight is 609 g/mol. The summed E-state index contributed by atoms with van der Waals surface area (Å²) in [5, 5.41) is 6.72. The minimum atomic E-state index is -4.78. The fourth-order valence-corrected chi connectivity index (χ4v) is 5.57. The van der Waals surface area contributed by atoms with Gasteiger partial charge in [-0.2, -0.15) is 4.98 Å². The Morgan fingerprint density at radius 2 is 1.84 bits per heavy atom. The maximum absolute atomic E-state index is 14.1. The van der Waals surface area contributed by atoms with E-state index in [9.17, 15) is 27.2 Å². The Bertz CT molecular complexity index is 1700. The molecule has 2 amide bonds. The van der Waals surface area contributed by atoms with Gasteiger partial charge in [-0.15, -0.1) is 13.2 Å². The van der Waals surface area contributed by atoms with Crippen molar-refractivity contribution >= 4 is 34.5 Å². The third kappa shape index (κ3) is 6.66. The largest absolute Gasteiger partial charge is 0.573 e. The Kier molecular flexibility index (Phi) is 7.93. The fourth-order valence-electron chi connectivity index (χ4n) is 5.57. The lowest BCUT2D eigenvalue weighted by Gasteiger charge is -2.29. The quantitative estimate of drug-likeness (QED) is 0.298. The lowest BCUT2D eigenvalue weighted by Crippen LogP contribution is -2.48. The van der Waals surface area contributed by atoms with Crippen molar-refractivity contribution in [2.24, 2.45) is 0 Å². The molecule has 2 fully saturated rings. The van der Waals surface area contributed by atoms with Crippen LogP contribution in [0.25, 0.3) is 22.0 Å². The minimum Gasteiger partial charge on any atom is -0.406 e. The molecule has 0 saturated carbocycles. The van der Waals surface area contributed by atoms with Gasteiger partial charge < -0.3 is 25.2 Å². The smallest absolute Gasteiger partial charge is 0.406 e. The van der Waals surface area contributed by atoms with Crippen molar-refractivity contribution in [2.45, 2.75) is 25.2 Å². The van der Waals surface area contributed by atoms with Gasteiger partial charge in [0.25, 0.3) is 0 Å². The summed E-state index contributed by atoms with van der Waals surface area (Å²) >= 11 is 0. The monoisotopic (exact) mass is 608 g/mol. The minimum absolute atomic E-state index is 0.0970. The number of rotatable bonds is 7. The maximum Gasteiger partial charge on any atom is 0.573 e. The van der Waals surface area contributed by atoms with Crippen molar-refractivity contribution in [3.63, 3.8) is 0 Å². The van der Waals surface area contributed by atoms with E-state index in [-0.39, 0.29) is 42.5 Å². The van der Waals surface area contributed by atoms with Crippen LogP contribution >= 0.6 is 0 Å². The Hall–Kier alpha value is -4.94. The molecule has 0 spiro atoms. The molecule has 3 aromatic carbocycles. The zero-order valence-electron chi connectivity index (χ0n) is 23.4. The molecule has 3 heterocycles. The first-order chi connectivity index (χ1) is 21.1. The molecule has 0 unspecified atom stereocenters. The molecule has 9 nitrogen and oxygen atoms in total. The van der Waals surface area contributed by atoms with E-state index in [1.165, 1.54) is 36.4 Å². The molecule has 1 atom stereocenters. The van der Waals surface area contributed by atoms with E-state index in [0.717, 1.165) is 11.1 Å². The molecule has 0 aliphatic carbocycles. The molecule has 2 N–H and O–H groups in total. The Morgan fingerprint density at radius 1 is 1.05 bits per heavy atom. The van der Waals surface area contributed by atoms with Gasteiger partial charge in [-0.1, -0.05) is 36.4 Å². The van der Waals surface area contributed by atoms with Crippen LogP contribution in [-0.2, 0) is 16.0 Å². The summed E-state index contributed by atoms with van der Waals surface area (Å²) in [6.07, 6.45) is -4.03. The van der Waals surface area contributed by atoms with Crippen LogP contribution in [0.5, 0.6) is 5.75 Å². The SMILES string of the molecule is O=C1CN(c2nc(N[C@H]3CCN(C(=O)Cc4ccccc4-c4ccc(OC(F)(F)F)cc4)C3)nc3cc(F)ccc23)CCN1.